The third-order valence-electron chi connectivity index (χ3n) is 1.66. The maximum atomic E-state index is 12.6. The van der Waals surface area contributed by atoms with E-state index in [1.165, 1.54) is 0 Å². The SMILES string of the molecule is CC1(F)CC(F)=C(F)C1(F)F. The number of halogens is 5. The van der Waals surface area contributed by atoms with Gasteiger partial charge in [-0.05, 0) is 6.92 Å². The summed E-state index contributed by atoms with van der Waals surface area (Å²) in [7, 11) is 0. The largest absolute Gasteiger partial charge is 0.334 e. The monoisotopic (exact) mass is 172 g/mol. The molecule has 0 spiro atoms. The molecule has 0 fully saturated rings. The summed E-state index contributed by atoms with van der Waals surface area (Å²) in [4.78, 5) is 0. The van der Waals surface area contributed by atoms with Gasteiger partial charge in [-0.2, -0.15) is 8.78 Å². The topological polar surface area (TPSA) is 0 Å². The van der Waals surface area contributed by atoms with Crippen LogP contribution < -0.4 is 0 Å². The summed E-state index contributed by atoms with van der Waals surface area (Å²) in [6.07, 6.45) is -1.19. The molecule has 0 amide bonds. The zero-order chi connectivity index (χ0) is 8.86. The van der Waals surface area contributed by atoms with Crippen LogP contribution in [0.2, 0.25) is 0 Å². The fourth-order valence-electron chi connectivity index (χ4n) is 0.879. The molecule has 1 rings (SSSR count). The highest BCUT2D eigenvalue weighted by molar-refractivity contribution is 5.25. The van der Waals surface area contributed by atoms with Crippen molar-refractivity contribution in [2.75, 3.05) is 0 Å². The van der Waals surface area contributed by atoms with Gasteiger partial charge in [0.25, 0.3) is 0 Å². The molecular formula is C6H5F5. The van der Waals surface area contributed by atoms with E-state index in [-0.39, 0.29) is 0 Å². The standard InChI is InChI=1S/C6H5F5/c1-5(9)2-3(7)4(8)6(5,10)11/h2H2,1H3. The molecule has 5 heteroatoms. The van der Waals surface area contributed by atoms with Crippen molar-refractivity contribution in [3.05, 3.63) is 11.7 Å². The van der Waals surface area contributed by atoms with E-state index in [9.17, 15) is 22.0 Å². The molecule has 0 saturated heterocycles. The first-order valence-electron chi connectivity index (χ1n) is 2.90. The number of rotatable bonds is 0. The van der Waals surface area contributed by atoms with Crippen LogP contribution >= 0.6 is 0 Å². The van der Waals surface area contributed by atoms with Gasteiger partial charge < -0.3 is 0 Å². The van der Waals surface area contributed by atoms with Gasteiger partial charge in [0.05, 0.1) is 0 Å². The fraction of sp³-hybridized carbons (Fsp3) is 0.667. The smallest absolute Gasteiger partial charge is 0.237 e. The zero-order valence-corrected chi connectivity index (χ0v) is 5.60. The molecule has 0 radical (unpaired) electrons. The first-order valence-corrected chi connectivity index (χ1v) is 2.90. The molecule has 0 aromatic carbocycles. The first-order chi connectivity index (χ1) is 4.79. The summed E-state index contributed by atoms with van der Waals surface area (Å²) in [6, 6.07) is 0. The molecule has 11 heavy (non-hydrogen) atoms. The van der Waals surface area contributed by atoms with Crippen molar-refractivity contribution in [3.63, 3.8) is 0 Å². The Morgan fingerprint density at radius 1 is 1.18 bits per heavy atom. The predicted molar refractivity (Wildman–Crippen MR) is 28.3 cm³/mol. The lowest BCUT2D eigenvalue weighted by molar-refractivity contribution is -0.0977. The second-order valence-corrected chi connectivity index (χ2v) is 2.67. The van der Waals surface area contributed by atoms with Gasteiger partial charge in [0.15, 0.2) is 5.67 Å². The van der Waals surface area contributed by atoms with E-state index < -0.39 is 29.7 Å². The van der Waals surface area contributed by atoms with Crippen molar-refractivity contribution in [3.8, 4) is 0 Å². The fourth-order valence-corrected chi connectivity index (χ4v) is 0.879. The van der Waals surface area contributed by atoms with Crippen LogP contribution in [0.5, 0.6) is 0 Å². The molecule has 1 aliphatic rings. The maximum Gasteiger partial charge on any atom is 0.334 e. The van der Waals surface area contributed by atoms with Gasteiger partial charge in [-0.15, -0.1) is 0 Å². The van der Waals surface area contributed by atoms with Crippen LogP contribution in [0.4, 0.5) is 22.0 Å². The molecule has 1 unspecified atom stereocenters. The molecule has 0 nitrogen and oxygen atoms in total. The molecule has 0 aliphatic heterocycles. The van der Waals surface area contributed by atoms with E-state index in [2.05, 4.69) is 0 Å². The Morgan fingerprint density at radius 3 is 1.73 bits per heavy atom. The van der Waals surface area contributed by atoms with Crippen molar-refractivity contribution in [2.24, 2.45) is 0 Å². The minimum Gasteiger partial charge on any atom is -0.237 e. The normalized spacial score (nSPS) is 36.5. The minimum atomic E-state index is -4.31. The van der Waals surface area contributed by atoms with Crippen LogP contribution in [0.15, 0.2) is 11.7 Å². The highest BCUT2D eigenvalue weighted by Gasteiger charge is 2.61. The number of allylic oxidation sites excluding steroid dienone is 2. The third-order valence-corrected chi connectivity index (χ3v) is 1.66. The van der Waals surface area contributed by atoms with Crippen LogP contribution in [0.3, 0.4) is 0 Å². The summed E-state index contributed by atoms with van der Waals surface area (Å²) in [5.41, 5.74) is -3.12. The summed E-state index contributed by atoms with van der Waals surface area (Å²) >= 11 is 0. The number of hydrogen-bond acceptors (Lipinski definition) is 0. The molecule has 0 aromatic rings. The van der Waals surface area contributed by atoms with Crippen LogP contribution in [0, 0.1) is 0 Å². The van der Waals surface area contributed by atoms with E-state index in [0.717, 1.165) is 0 Å². The molecule has 1 aliphatic carbocycles. The van der Waals surface area contributed by atoms with Gasteiger partial charge >= 0.3 is 5.92 Å². The highest BCUT2D eigenvalue weighted by Crippen LogP contribution is 2.50. The quantitative estimate of drug-likeness (QED) is 0.493. The second-order valence-electron chi connectivity index (χ2n) is 2.67. The van der Waals surface area contributed by atoms with Crippen LogP contribution in [0.25, 0.3) is 0 Å². The molecule has 64 valence electrons. The summed E-state index contributed by atoms with van der Waals surface area (Å²) in [5, 5.41) is 0. The minimum absolute atomic E-state index is 0.471. The molecule has 1 atom stereocenters. The van der Waals surface area contributed by atoms with Gasteiger partial charge in [-0.1, -0.05) is 0 Å². The van der Waals surface area contributed by atoms with E-state index in [1.54, 1.807) is 0 Å². The van der Waals surface area contributed by atoms with E-state index in [1.807, 2.05) is 0 Å². The van der Waals surface area contributed by atoms with E-state index in [0.29, 0.717) is 6.92 Å². The van der Waals surface area contributed by atoms with Gasteiger partial charge in [-0.3, -0.25) is 0 Å². The Morgan fingerprint density at radius 2 is 1.64 bits per heavy atom. The summed E-state index contributed by atoms with van der Waals surface area (Å²) < 4.78 is 61.5. The van der Waals surface area contributed by atoms with Crippen molar-refractivity contribution < 1.29 is 22.0 Å². The van der Waals surface area contributed by atoms with Gasteiger partial charge in [0.1, 0.15) is 5.83 Å². The first kappa shape index (κ1) is 8.49. The predicted octanol–water partition coefficient (Wildman–Crippen LogP) is 2.90. The number of hydrogen-bond donors (Lipinski definition) is 0. The highest BCUT2D eigenvalue weighted by atomic mass is 19.3. The van der Waals surface area contributed by atoms with Crippen molar-refractivity contribution in [1.82, 2.24) is 0 Å². The van der Waals surface area contributed by atoms with Gasteiger partial charge in [0, 0.05) is 6.42 Å². The molecule has 0 heterocycles. The lowest BCUT2D eigenvalue weighted by atomic mass is 10.0. The van der Waals surface area contributed by atoms with Crippen molar-refractivity contribution in [1.29, 1.82) is 0 Å². The molecule has 0 bridgehead atoms. The number of alkyl halides is 3. The van der Waals surface area contributed by atoms with Crippen LogP contribution in [0.1, 0.15) is 13.3 Å². The average Bonchev–Trinajstić information content (AvgIpc) is 1.93. The van der Waals surface area contributed by atoms with Gasteiger partial charge in [-0.25, -0.2) is 13.2 Å². The Balaban J connectivity index is 3.08. The molecule has 0 N–H and O–H groups in total. The Labute approximate surface area is 59.7 Å². The lowest BCUT2D eigenvalue weighted by Crippen LogP contribution is -2.37. The van der Waals surface area contributed by atoms with Gasteiger partial charge in [0.2, 0.25) is 5.83 Å². The molecule has 0 aromatic heterocycles. The third kappa shape index (κ3) is 0.937. The van der Waals surface area contributed by atoms with E-state index >= 15 is 0 Å². The van der Waals surface area contributed by atoms with Crippen LogP contribution in [-0.4, -0.2) is 11.6 Å². The Kier molecular flexibility index (Phi) is 1.51. The molecule has 0 saturated carbocycles. The summed E-state index contributed by atoms with van der Waals surface area (Å²) in [5.74, 6) is -8.28. The second kappa shape index (κ2) is 1.95. The van der Waals surface area contributed by atoms with Crippen molar-refractivity contribution >= 4 is 0 Å². The van der Waals surface area contributed by atoms with Crippen molar-refractivity contribution in [2.45, 2.75) is 24.9 Å². The van der Waals surface area contributed by atoms with E-state index in [4.69, 9.17) is 0 Å². The lowest BCUT2D eigenvalue weighted by Gasteiger charge is -2.21. The Bertz CT molecular complexity index is 215. The summed E-state index contributed by atoms with van der Waals surface area (Å²) in [6.45, 7) is 0.471. The Hall–Kier alpha value is -0.610. The zero-order valence-electron chi connectivity index (χ0n) is 5.60. The van der Waals surface area contributed by atoms with Crippen LogP contribution in [-0.2, 0) is 0 Å². The maximum absolute atomic E-state index is 12.6. The molecular weight excluding hydrogens is 167 g/mol. The average molecular weight is 172 g/mol.